The molecule has 2 heterocycles. The van der Waals surface area contributed by atoms with Crippen molar-refractivity contribution >= 4 is 31.8 Å². The van der Waals surface area contributed by atoms with Gasteiger partial charge in [-0.2, -0.15) is 8.42 Å². The number of furan rings is 1. The molecule has 0 unspecified atom stereocenters. The van der Waals surface area contributed by atoms with Crippen LogP contribution in [-0.2, 0) is 16.6 Å². The van der Waals surface area contributed by atoms with Crippen LogP contribution in [0.1, 0.15) is 5.76 Å². The van der Waals surface area contributed by atoms with Crippen LogP contribution in [0.3, 0.4) is 0 Å². The second-order valence-corrected chi connectivity index (χ2v) is 6.16. The molecule has 102 valence electrons. The minimum atomic E-state index is -3.77. The van der Waals surface area contributed by atoms with E-state index in [4.69, 9.17) is 4.42 Å². The van der Waals surface area contributed by atoms with Gasteiger partial charge in [-0.15, -0.1) is 0 Å². The number of sulfonamides is 1. The first-order valence-corrected chi connectivity index (χ1v) is 7.67. The number of hydrogen-bond acceptors (Lipinski definition) is 5. The molecule has 0 atom stereocenters. The van der Waals surface area contributed by atoms with Crippen LogP contribution in [0.4, 0.5) is 5.82 Å². The molecule has 0 amide bonds. The first kappa shape index (κ1) is 14.0. The SMILES string of the molecule is CNCc1ccc(S(=O)(=O)Nc2ncccc2Br)o1. The fourth-order valence-electron chi connectivity index (χ4n) is 1.41. The molecule has 0 aliphatic carbocycles. The smallest absolute Gasteiger partial charge is 0.296 e. The fraction of sp³-hybridized carbons (Fsp3) is 0.182. The fourth-order valence-corrected chi connectivity index (χ4v) is 2.88. The largest absolute Gasteiger partial charge is 0.446 e. The van der Waals surface area contributed by atoms with Crippen molar-refractivity contribution in [3.05, 3.63) is 40.7 Å². The van der Waals surface area contributed by atoms with Crippen molar-refractivity contribution in [1.29, 1.82) is 0 Å². The normalized spacial score (nSPS) is 11.5. The van der Waals surface area contributed by atoms with Gasteiger partial charge < -0.3 is 9.73 Å². The maximum atomic E-state index is 12.1. The lowest BCUT2D eigenvalue weighted by Crippen LogP contribution is -2.13. The van der Waals surface area contributed by atoms with E-state index in [1.165, 1.54) is 12.3 Å². The van der Waals surface area contributed by atoms with Crippen LogP contribution in [-0.4, -0.2) is 20.4 Å². The lowest BCUT2D eigenvalue weighted by Gasteiger charge is -2.06. The summed E-state index contributed by atoms with van der Waals surface area (Å²) in [6, 6.07) is 6.41. The highest BCUT2D eigenvalue weighted by atomic mass is 79.9. The zero-order valence-corrected chi connectivity index (χ0v) is 12.5. The van der Waals surface area contributed by atoms with Crippen molar-refractivity contribution in [2.45, 2.75) is 11.6 Å². The minimum absolute atomic E-state index is 0.143. The summed E-state index contributed by atoms with van der Waals surface area (Å²) in [4.78, 5) is 3.94. The summed E-state index contributed by atoms with van der Waals surface area (Å²) in [6.07, 6.45) is 1.50. The zero-order valence-electron chi connectivity index (χ0n) is 10.1. The molecule has 0 fully saturated rings. The Morgan fingerprint density at radius 3 is 2.84 bits per heavy atom. The van der Waals surface area contributed by atoms with Crippen LogP contribution >= 0.6 is 15.9 Å². The summed E-state index contributed by atoms with van der Waals surface area (Å²) in [6.45, 7) is 0.461. The van der Waals surface area contributed by atoms with E-state index >= 15 is 0 Å². The first-order valence-electron chi connectivity index (χ1n) is 5.39. The highest BCUT2D eigenvalue weighted by molar-refractivity contribution is 9.10. The van der Waals surface area contributed by atoms with Crippen LogP contribution in [0.5, 0.6) is 0 Å². The minimum Gasteiger partial charge on any atom is -0.446 e. The van der Waals surface area contributed by atoms with E-state index in [0.717, 1.165) is 0 Å². The molecule has 2 aromatic rings. The third kappa shape index (κ3) is 3.34. The number of rotatable bonds is 5. The average Bonchev–Trinajstić information content (AvgIpc) is 2.82. The van der Waals surface area contributed by atoms with Gasteiger partial charge in [-0.25, -0.2) is 4.98 Å². The highest BCUT2D eigenvalue weighted by Gasteiger charge is 2.20. The standard InChI is InChI=1S/C11H12BrN3O3S/c1-13-7-8-4-5-10(18-8)19(16,17)15-11-9(12)3-2-6-14-11/h2-6,13H,7H2,1H3,(H,14,15). The van der Waals surface area contributed by atoms with E-state index < -0.39 is 10.0 Å². The number of hydrogen-bond donors (Lipinski definition) is 2. The third-order valence-electron chi connectivity index (χ3n) is 2.24. The van der Waals surface area contributed by atoms with E-state index in [1.54, 1.807) is 25.2 Å². The Kier molecular flexibility index (Phi) is 4.23. The molecule has 0 bridgehead atoms. The van der Waals surface area contributed by atoms with Gasteiger partial charge in [-0.05, 0) is 47.2 Å². The van der Waals surface area contributed by atoms with Gasteiger partial charge in [-0.3, -0.25) is 4.72 Å². The van der Waals surface area contributed by atoms with Crippen LogP contribution in [0.15, 0.2) is 44.4 Å². The molecule has 0 saturated heterocycles. The molecular weight excluding hydrogens is 334 g/mol. The van der Waals surface area contributed by atoms with Crippen molar-refractivity contribution in [2.75, 3.05) is 11.8 Å². The molecule has 8 heteroatoms. The van der Waals surface area contributed by atoms with Crippen molar-refractivity contribution in [3.8, 4) is 0 Å². The Bertz CT molecular complexity index is 669. The Morgan fingerprint density at radius 1 is 1.37 bits per heavy atom. The second-order valence-electron chi connectivity index (χ2n) is 3.69. The molecule has 0 spiro atoms. The molecule has 2 rings (SSSR count). The van der Waals surface area contributed by atoms with Gasteiger partial charge in [0, 0.05) is 6.20 Å². The van der Waals surface area contributed by atoms with Gasteiger partial charge >= 0.3 is 0 Å². The lowest BCUT2D eigenvalue weighted by molar-refractivity contribution is 0.408. The number of nitrogens with one attached hydrogen (secondary N) is 2. The predicted octanol–water partition coefficient (Wildman–Crippen LogP) is 1.96. The molecular formula is C11H12BrN3O3S. The molecule has 0 radical (unpaired) electrons. The number of pyridine rings is 1. The second kappa shape index (κ2) is 5.72. The van der Waals surface area contributed by atoms with Crippen LogP contribution in [0.25, 0.3) is 0 Å². The topological polar surface area (TPSA) is 84.2 Å². The molecule has 0 aliphatic rings. The number of nitrogens with zero attached hydrogens (tertiary/aromatic N) is 1. The summed E-state index contributed by atoms with van der Waals surface area (Å²) in [5.41, 5.74) is 0. The van der Waals surface area contributed by atoms with Crippen LogP contribution < -0.4 is 10.0 Å². The maximum absolute atomic E-state index is 12.1. The molecule has 0 aliphatic heterocycles. The highest BCUT2D eigenvalue weighted by Crippen LogP contribution is 2.23. The molecule has 2 aromatic heterocycles. The Labute approximate surface area is 119 Å². The van der Waals surface area contributed by atoms with Gasteiger partial charge in [0.25, 0.3) is 10.0 Å². The lowest BCUT2D eigenvalue weighted by atomic mass is 10.4. The van der Waals surface area contributed by atoms with Gasteiger partial charge in [-0.1, -0.05) is 0 Å². The number of anilines is 1. The van der Waals surface area contributed by atoms with E-state index in [1.807, 2.05) is 0 Å². The molecule has 6 nitrogen and oxygen atoms in total. The Morgan fingerprint density at radius 2 is 2.16 bits per heavy atom. The molecule has 19 heavy (non-hydrogen) atoms. The van der Waals surface area contributed by atoms with E-state index in [9.17, 15) is 8.42 Å². The zero-order chi connectivity index (χ0) is 13.9. The van der Waals surface area contributed by atoms with Gasteiger partial charge in [0.15, 0.2) is 5.82 Å². The average molecular weight is 346 g/mol. The summed E-state index contributed by atoms with van der Waals surface area (Å²) < 4.78 is 32.3. The van der Waals surface area contributed by atoms with Gasteiger partial charge in [0.2, 0.25) is 5.09 Å². The maximum Gasteiger partial charge on any atom is 0.296 e. The van der Waals surface area contributed by atoms with Crippen molar-refractivity contribution < 1.29 is 12.8 Å². The Balaban J connectivity index is 2.25. The van der Waals surface area contributed by atoms with Crippen molar-refractivity contribution in [1.82, 2.24) is 10.3 Å². The van der Waals surface area contributed by atoms with Crippen molar-refractivity contribution in [2.24, 2.45) is 0 Å². The number of halogens is 1. The molecule has 0 saturated carbocycles. The van der Waals surface area contributed by atoms with Gasteiger partial charge in [0.1, 0.15) is 5.76 Å². The molecule has 0 aromatic carbocycles. The quantitative estimate of drug-likeness (QED) is 0.865. The Hall–Kier alpha value is -1.38. The van der Waals surface area contributed by atoms with Gasteiger partial charge in [0.05, 0.1) is 11.0 Å². The van der Waals surface area contributed by atoms with Crippen molar-refractivity contribution in [3.63, 3.8) is 0 Å². The van der Waals surface area contributed by atoms with E-state index in [-0.39, 0.29) is 10.9 Å². The number of aromatic nitrogens is 1. The van der Waals surface area contributed by atoms with Crippen LogP contribution in [0, 0.1) is 0 Å². The molecule has 2 N–H and O–H groups in total. The monoisotopic (exact) mass is 345 g/mol. The van der Waals surface area contributed by atoms with E-state index in [0.29, 0.717) is 16.8 Å². The van der Waals surface area contributed by atoms with E-state index in [2.05, 4.69) is 31.0 Å². The summed E-state index contributed by atoms with van der Waals surface area (Å²) in [5.74, 6) is 0.761. The summed E-state index contributed by atoms with van der Waals surface area (Å²) in [7, 11) is -2.02. The first-order chi connectivity index (χ1) is 9.03. The van der Waals surface area contributed by atoms with Crippen LogP contribution in [0.2, 0.25) is 0 Å². The summed E-state index contributed by atoms with van der Waals surface area (Å²) >= 11 is 3.22. The predicted molar refractivity (Wildman–Crippen MR) is 74.2 cm³/mol. The third-order valence-corrected chi connectivity index (χ3v) is 4.09. The summed E-state index contributed by atoms with van der Waals surface area (Å²) in [5, 5.41) is 2.74.